The number of amides is 1. The lowest BCUT2D eigenvalue weighted by molar-refractivity contribution is -0.144. The van der Waals surface area contributed by atoms with Gasteiger partial charge in [-0.25, -0.2) is 8.78 Å². The number of hydrogen-bond acceptors (Lipinski definition) is 5. The molecule has 2 aromatic rings. The first kappa shape index (κ1) is 20.9. The van der Waals surface area contributed by atoms with Crippen LogP contribution >= 0.6 is 11.6 Å². The molecule has 0 unspecified atom stereocenters. The van der Waals surface area contributed by atoms with Crippen molar-refractivity contribution in [2.24, 2.45) is 0 Å². The van der Waals surface area contributed by atoms with Crippen molar-refractivity contribution in [1.29, 1.82) is 0 Å². The van der Waals surface area contributed by atoms with E-state index in [1.54, 1.807) is 12.1 Å². The second-order valence-corrected chi connectivity index (χ2v) is 6.65. The Morgan fingerprint density at radius 1 is 1.14 bits per heavy atom. The number of carbonyl (C=O) groups excluding carboxylic acids is 2. The average Bonchev–Trinajstić information content (AvgIpc) is 2.92. The number of rotatable bonds is 6. The fourth-order valence-corrected chi connectivity index (χ4v) is 2.94. The van der Waals surface area contributed by atoms with Crippen molar-refractivity contribution in [2.45, 2.75) is 19.4 Å². The van der Waals surface area contributed by atoms with E-state index in [1.165, 1.54) is 0 Å². The molecule has 0 aromatic heterocycles. The first-order valence-corrected chi connectivity index (χ1v) is 9.28. The maximum atomic E-state index is 13.6. The first-order chi connectivity index (χ1) is 13.9. The molecule has 2 aromatic carbocycles. The average molecular weight is 426 g/mol. The molecule has 9 heteroatoms. The minimum absolute atomic E-state index is 0.0320. The number of benzene rings is 2. The van der Waals surface area contributed by atoms with Crippen molar-refractivity contribution in [1.82, 2.24) is 5.32 Å². The summed E-state index contributed by atoms with van der Waals surface area (Å²) in [5.41, 5.74) is 0.326. The molecule has 0 bridgehead atoms. The lowest BCUT2D eigenvalue weighted by Gasteiger charge is -2.12. The zero-order valence-electron chi connectivity index (χ0n) is 15.3. The van der Waals surface area contributed by atoms with Gasteiger partial charge in [0.05, 0.1) is 30.2 Å². The Morgan fingerprint density at radius 2 is 1.93 bits per heavy atom. The van der Waals surface area contributed by atoms with Crippen molar-refractivity contribution < 1.29 is 32.6 Å². The SMILES string of the molecule is O=C(CCNC(=O)c1ccc(F)cc1F)OCc1cc(Cl)c2c(c1)OCCCO2. The summed E-state index contributed by atoms with van der Waals surface area (Å²) >= 11 is 6.19. The number of halogens is 3. The molecule has 1 heterocycles. The van der Waals surface area contributed by atoms with Gasteiger partial charge in [0.2, 0.25) is 0 Å². The summed E-state index contributed by atoms with van der Waals surface area (Å²) in [6.45, 7) is 0.918. The van der Waals surface area contributed by atoms with E-state index in [1.807, 2.05) is 0 Å². The molecule has 1 aliphatic heterocycles. The molecule has 0 aliphatic carbocycles. The molecular weight excluding hydrogens is 408 g/mol. The molecule has 3 rings (SSSR count). The predicted molar refractivity (Wildman–Crippen MR) is 100 cm³/mol. The van der Waals surface area contributed by atoms with Crippen LogP contribution in [0.25, 0.3) is 0 Å². The van der Waals surface area contributed by atoms with E-state index in [0.29, 0.717) is 41.4 Å². The summed E-state index contributed by atoms with van der Waals surface area (Å²) in [7, 11) is 0. The fraction of sp³-hybridized carbons (Fsp3) is 0.300. The summed E-state index contributed by atoms with van der Waals surface area (Å²) in [6.07, 6.45) is 0.621. The monoisotopic (exact) mass is 425 g/mol. The highest BCUT2D eigenvalue weighted by atomic mass is 35.5. The maximum absolute atomic E-state index is 13.6. The smallest absolute Gasteiger partial charge is 0.307 e. The molecule has 0 saturated heterocycles. The van der Waals surface area contributed by atoms with E-state index < -0.39 is 23.5 Å². The van der Waals surface area contributed by atoms with E-state index in [2.05, 4.69) is 5.32 Å². The van der Waals surface area contributed by atoms with Gasteiger partial charge in [-0.05, 0) is 29.8 Å². The molecule has 0 atom stereocenters. The Balaban J connectivity index is 1.47. The van der Waals surface area contributed by atoms with Gasteiger partial charge in [-0.3, -0.25) is 9.59 Å². The largest absolute Gasteiger partial charge is 0.489 e. The Morgan fingerprint density at radius 3 is 2.72 bits per heavy atom. The highest BCUT2D eigenvalue weighted by Crippen LogP contribution is 2.38. The van der Waals surface area contributed by atoms with Crippen LogP contribution in [0.2, 0.25) is 5.02 Å². The lowest BCUT2D eigenvalue weighted by atomic mass is 10.2. The van der Waals surface area contributed by atoms with Crippen LogP contribution in [0.5, 0.6) is 11.5 Å². The topological polar surface area (TPSA) is 73.9 Å². The van der Waals surface area contributed by atoms with Gasteiger partial charge in [0.25, 0.3) is 5.91 Å². The van der Waals surface area contributed by atoms with Crippen molar-refractivity contribution in [3.8, 4) is 11.5 Å². The van der Waals surface area contributed by atoms with Gasteiger partial charge in [0.15, 0.2) is 11.5 Å². The Kier molecular flexibility index (Phi) is 6.87. The number of esters is 1. The number of fused-ring (bicyclic) bond motifs is 1. The summed E-state index contributed by atoms with van der Waals surface area (Å²) < 4.78 is 42.7. The van der Waals surface area contributed by atoms with Crippen molar-refractivity contribution in [2.75, 3.05) is 19.8 Å². The second kappa shape index (κ2) is 9.56. The van der Waals surface area contributed by atoms with Gasteiger partial charge >= 0.3 is 5.97 Å². The van der Waals surface area contributed by atoms with Crippen LogP contribution in [-0.4, -0.2) is 31.6 Å². The molecule has 0 radical (unpaired) electrons. The van der Waals surface area contributed by atoms with Gasteiger partial charge < -0.3 is 19.5 Å². The maximum Gasteiger partial charge on any atom is 0.307 e. The molecule has 0 spiro atoms. The van der Waals surface area contributed by atoms with Crippen molar-refractivity contribution >= 4 is 23.5 Å². The van der Waals surface area contributed by atoms with Crippen molar-refractivity contribution in [3.05, 3.63) is 58.1 Å². The van der Waals surface area contributed by atoms with Gasteiger partial charge in [-0.15, -0.1) is 0 Å². The van der Waals surface area contributed by atoms with E-state index in [4.69, 9.17) is 25.8 Å². The predicted octanol–water partition coefficient (Wildman–Crippen LogP) is 3.64. The van der Waals surface area contributed by atoms with Crippen LogP contribution < -0.4 is 14.8 Å². The van der Waals surface area contributed by atoms with E-state index >= 15 is 0 Å². The van der Waals surface area contributed by atoms with E-state index in [0.717, 1.165) is 18.6 Å². The van der Waals surface area contributed by atoms with Crippen LogP contribution in [-0.2, 0) is 16.1 Å². The number of nitrogens with one attached hydrogen (secondary N) is 1. The Bertz CT molecular complexity index is 922. The van der Waals surface area contributed by atoms with Crippen LogP contribution in [0.4, 0.5) is 8.78 Å². The van der Waals surface area contributed by atoms with Crippen LogP contribution in [0, 0.1) is 11.6 Å². The highest BCUT2D eigenvalue weighted by Gasteiger charge is 2.17. The van der Waals surface area contributed by atoms with E-state index in [-0.39, 0.29) is 25.1 Å². The number of carbonyl (C=O) groups is 2. The van der Waals surface area contributed by atoms with Crippen LogP contribution in [0.15, 0.2) is 30.3 Å². The van der Waals surface area contributed by atoms with Crippen LogP contribution in [0.3, 0.4) is 0 Å². The third-order valence-electron chi connectivity index (χ3n) is 4.05. The highest BCUT2D eigenvalue weighted by molar-refractivity contribution is 6.32. The molecule has 1 N–H and O–H groups in total. The number of ether oxygens (including phenoxy) is 3. The third-order valence-corrected chi connectivity index (χ3v) is 4.33. The van der Waals surface area contributed by atoms with E-state index in [9.17, 15) is 18.4 Å². The summed E-state index contributed by atoms with van der Waals surface area (Å²) in [6, 6.07) is 5.95. The summed E-state index contributed by atoms with van der Waals surface area (Å²) in [4.78, 5) is 23.8. The molecule has 6 nitrogen and oxygen atoms in total. The first-order valence-electron chi connectivity index (χ1n) is 8.91. The summed E-state index contributed by atoms with van der Waals surface area (Å²) in [5.74, 6) is -2.10. The standard InChI is InChI=1S/C20H18ClF2NO5/c21-15-8-12(9-17-19(15)28-7-1-6-27-17)11-29-18(25)4-5-24-20(26)14-3-2-13(22)10-16(14)23/h2-3,8-10H,1,4-7,11H2,(H,24,26). The third kappa shape index (κ3) is 5.57. The molecule has 0 fully saturated rings. The van der Waals surface area contributed by atoms with Crippen LogP contribution in [0.1, 0.15) is 28.8 Å². The van der Waals surface area contributed by atoms with Crippen molar-refractivity contribution in [3.63, 3.8) is 0 Å². The number of hydrogen-bond donors (Lipinski definition) is 1. The zero-order chi connectivity index (χ0) is 20.8. The van der Waals surface area contributed by atoms with Gasteiger partial charge in [0, 0.05) is 19.0 Å². The molecule has 29 heavy (non-hydrogen) atoms. The fourth-order valence-electron chi connectivity index (χ4n) is 2.65. The quantitative estimate of drug-likeness (QED) is 0.715. The molecular formula is C20H18ClF2NO5. The molecule has 1 aliphatic rings. The lowest BCUT2D eigenvalue weighted by Crippen LogP contribution is -2.27. The second-order valence-electron chi connectivity index (χ2n) is 6.25. The zero-order valence-corrected chi connectivity index (χ0v) is 16.1. The Hall–Kier alpha value is -2.87. The van der Waals surface area contributed by atoms with Gasteiger partial charge in [-0.1, -0.05) is 11.6 Å². The molecule has 0 saturated carbocycles. The minimum atomic E-state index is -0.976. The van der Waals surface area contributed by atoms with Gasteiger partial charge in [0.1, 0.15) is 18.2 Å². The normalized spacial score (nSPS) is 12.8. The molecule has 1 amide bonds. The Labute approximate surface area is 170 Å². The van der Waals surface area contributed by atoms with Gasteiger partial charge in [-0.2, -0.15) is 0 Å². The summed E-state index contributed by atoms with van der Waals surface area (Å²) in [5, 5.41) is 2.75. The minimum Gasteiger partial charge on any atom is -0.489 e. The molecule has 154 valence electrons.